The van der Waals surface area contributed by atoms with Gasteiger partial charge in [0.1, 0.15) is 29.2 Å². The molecule has 0 saturated carbocycles. The highest BCUT2D eigenvalue weighted by Gasteiger charge is 2.28. The summed E-state index contributed by atoms with van der Waals surface area (Å²) < 4.78 is 10.5. The maximum absolute atomic E-state index is 12.6. The van der Waals surface area contributed by atoms with Crippen LogP contribution in [-0.2, 0) is 33.4 Å². The number of likely N-dealkylation sites (tertiary alicyclic amines) is 3. The van der Waals surface area contributed by atoms with E-state index in [-0.39, 0.29) is 73.0 Å². The summed E-state index contributed by atoms with van der Waals surface area (Å²) in [6.07, 6.45) is 9.22. The van der Waals surface area contributed by atoms with Crippen LogP contribution in [0, 0.1) is 5.92 Å². The second kappa shape index (κ2) is 36.2. The average molecular weight is 1340 g/mol. The molecule has 4 aromatic rings. The lowest BCUT2D eigenvalue weighted by Crippen LogP contribution is -2.51. The second-order valence-electron chi connectivity index (χ2n) is 23.9. The Morgan fingerprint density at radius 1 is 0.568 bits per heavy atom. The molecule has 484 valence electrons. The van der Waals surface area contributed by atoms with Gasteiger partial charge >= 0.3 is 12.1 Å². The van der Waals surface area contributed by atoms with E-state index < -0.39 is 11.7 Å². The summed E-state index contributed by atoms with van der Waals surface area (Å²) in [5, 5.41) is 24.4. The highest BCUT2D eigenvalue weighted by atomic mass is 35.5. The number of ether oxygens (including phenoxy) is 2. The lowest BCUT2D eigenvalue weighted by Gasteiger charge is -2.33. The van der Waals surface area contributed by atoms with Gasteiger partial charge in [-0.05, 0) is 167 Å². The summed E-state index contributed by atoms with van der Waals surface area (Å²) in [4.78, 5) is 85.2. The van der Waals surface area contributed by atoms with Crippen LogP contribution < -0.4 is 43.0 Å². The van der Waals surface area contributed by atoms with E-state index in [9.17, 15) is 28.8 Å². The van der Waals surface area contributed by atoms with Gasteiger partial charge < -0.3 is 67.1 Å². The van der Waals surface area contributed by atoms with Gasteiger partial charge in [-0.1, -0.05) is 69.6 Å². The lowest BCUT2D eigenvalue weighted by atomic mass is 9.96. The maximum atomic E-state index is 12.6. The van der Waals surface area contributed by atoms with E-state index in [1.165, 1.54) is 19.7 Å². The number of amides is 5. The van der Waals surface area contributed by atoms with Crippen molar-refractivity contribution in [2.75, 3.05) is 98.6 Å². The van der Waals surface area contributed by atoms with Crippen LogP contribution in [-0.4, -0.2) is 162 Å². The van der Waals surface area contributed by atoms with Crippen molar-refractivity contribution in [3.63, 3.8) is 0 Å². The molecule has 1 aromatic heterocycles. The van der Waals surface area contributed by atoms with Crippen molar-refractivity contribution in [2.45, 2.75) is 136 Å². The number of halogens is 6. The van der Waals surface area contributed by atoms with Gasteiger partial charge in [0.05, 0.1) is 19.6 Å². The maximum Gasteiger partial charge on any atom is 0.407 e. The van der Waals surface area contributed by atoms with Gasteiger partial charge in [0.15, 0.2) is 0 Å². The molecule has 0 radical (unpaired) electrons. The van der Waals surface area contributed by atoms with E-state index in [0.29, 0.717) is 98.2 Å². The minimum Gasteiger partial charge on any atom is -0.460 e. The molecule has 0 bridgehead atoms. The van der Waals surface area contributed by atoms with E-state index in [1.54, 1.807) is 70.5 Å². The van der Waals surface area contributed by atoms with Crippen LogP contribution in [0.3, 0.4) is 0 Å². The zero-order chi connectivity index (χ0) is 64.6. The van der Waals surface area contributed by atoms with Crippen LogP contribution in [0.4, 0.5) is 33.5 Å². The van der Waals surface area contributed by atoms with E-state index in [4.69, 9.17) is 84.8 Å². The summed E-state index contributed by atoms with van der Waals surface area (Å²) in [7, 11) is 0. The van der Waals surface area contributed by atoms with Crippen molar-refractivity contribution in [3.8, 4) is 0 Å². The molecule has 3 aromatic carbocycles. The van der Waals surface area contributed by atoms with Gasteiger partial charge in [0, 0.05) is 124 Å². The Labute approximate surface area is 547 Å². The highest BCUT2D eigenvalue weighted by molar-refractivity contribution is 6.36. The average Bonchev–Trinajstić information content (AvgIpc) is 3.45. The molecule has 27 heteroatoms. The fourth-order valence-electron chi connectivity index (χ4n) is 9.80. The molecule has 4 aliphatic rings. The number of benzene rings is 3. The molecule has 5 amide bonds. The fraction of sp³-hybridized carbons (Fsp3) is 0.541. The van der Waals surface area contributed by atoms with Crippen LogP contribution in [0.5, 0.6) is 0 Å². The monoisotopic (exact) mass is 1340 g/mol. The molecule has 88 heavy (non-hydrogen) atoms. The van der Waals surface area contributed by atoms with Crippen molar-refractivity contribution in [2.24, 2.45) is 11.7 Å². The molecule has 4 saturated heterocycles. The molecule has 4 unspecified atom stereocenters. The number of rotatable bonds is 15. The standard InChI is InChI=1S/C19H22Cl2N6O2.C18H25Cl2N3O3.C13H17Cl2N3O.C11H21NO2/c1-12(28)25-17-8-18(24-11-23-17)26-15-3-2-4-27(10-15)19(29)9-22-16-6-13(20)5-14(21)7-16;1-18(2,3)26-17(25)22-14-5-4-6-23(11-14)16(24)10-21-15-8-12(19)7-13(20)9-15;14-9-4-10(15)6-12(5-9)17-7-13(19)18-3-1-2-11(16)8-18;1-11(2,3)14-10(13)7-9-5-4-6-12-8-9/h5-8,11,15,22H,2-4,9-10H2,1H3,(H2,23,24,25,26,28);7-9,14,21H,4-6,10-11H2,1-3H3,(H,22,25);4-6,11,17H,1-3,7-8,16H2;9,12H,4-8H2,1-3H3. The summed E-state index contributed by atoms with van der Waals surface area (Å²) in [6, 6.07) is 17.0. The third kappa shape index (κ3) is 29.2. The van der Waals surface area contributed by atoms with Crippen LogP contribution in [0.2, 0.25) is 30.1 Å². The molecule has 9 N–H and O–H groups in total. The Morgan fingerprint density at radius 3 is 1.43 bits per heavy atom. The normalized spacial score (nSPS) is 18.4. The molecular weight excluding hydrogens is 1260 g/mol. The predicted molar refractivity (Wildman–Crippen MR) is 353 cm³/mol. The summed E-state index contributed by atoms with van der Waals surface area (Å²) in [6.45, 7) is 19.0. The molecule has 0 aliphatic carbocycles. The van der Waals surface area contributed by atoms with Crippen LogP contribution in [0.25, 0.3) is 0 Å². The van der Waals surface area contributed by atoms with Crippen LogP contribution >= 0.6 is 69.6 Å². The lowest BCUT2D eigenvalue weighted by molar-refractivity contribution is -0.156. The Kier molecular flexibility index (Phi) is 30.0. The molecular formula is C61H85Cl6N13O8. The van der Waals surface area contributed by atoms with Crippen molar-refractivity contribution in [1.29, 1.82) is 0 Å². The predicted octanol–water partition coefficient (Wildman–Crippen LogP) is 11.3. The number of esters is 1. The minimum atomic E-state index is -0.545. The number of nitrogens with one attached hydrogen (secondary N) is 7. The third-order valence-electron chi connectivity index (χ3n) is 13.6. The first-order chi connectivity index (χ1) is 41.5. The van der Waals surface area contributed by atoms with E-state index >= 15 is 0 Å². The largest absolute Gasteiger partial charge is 0.460 e. The highest BCUT2D eigenvalue weighted by Crippen LogP contribution is 2.26. The zero-order valence-corrected chi connectivity index (χ0v) is 55.7. The van der Waals surface area contributed by atoms with Gasteiger partial charge in [0.2, 0.25) is 23.6 Å². The molecule has 4 aliphatic heterocycles. The number of piperidine rings is 4. The molecule has 4 atom stereocenters. The zero-order valence-electron chi connectivity index (χ0n) is 51.1. The fourth-order valence-corrected chi connectivity index (χ4v) is 11.4. The van der Waals surface area contributed by atoms with Crippen molar-refractivity contribution in [1.82, 2.24) is 35.3 Å². The number of carbonyl (C=O) groups excluding carboxylic acids is 6. The van der Waals surface area contributed by atoms with Crippen LogP contribution in [0.15, 0.2) is 67.0 Å². The van der Waals surface area contributed by atoms with Gasteiger partial charge in [-0.15, -0.1) is 0 Å². The number of hydrogen-bond donors (Lipinski definition) is 8. The van der Waals surface area contributed by atoms with E-state index in [0.717, 1.165) is 70.3 Å². The number of nitrogens with zero attached hydrogens (tertiary/aromatic N) is 5. The first kappa shape index (κ1) is 73.0. The van der Waals surface area contributed by atoms with Gasteiger partial charge in [-0.25, -0.2) is 14.8 Å². The topological polar surface area (TPSA) is 267 Å². The van der Waals surface area contributed by atoms with Gasteiger partial charge in [-0.3, -0.25) is 24.0 Å². The van der Waals surface area contributed by atoms with E-state index in [2.05, 4.69) is 47.2 Å². The van der Waals surface area contributed by atoms with Crippen LogP contribution in [0.1, 0.15) is 106 Å². The number of aromatic nitrogens is 2. The van der Waals surface area contributed by atoms with Crippen molar-refractivity contribution in [3.05, 3.63) is 97.1 Å². The van der Waals surface area contributed by atoms with E-state index in [1.807, 2.05) is 46.4 Å². The van der Waals surface area contributed by atoms with Crippen molar-refractivity contribution >= 4 is 134 Å². The molecule has 8 rings (SSSR count). The Hall–Kier alpha value is -5.78. The first-order valence-electron chi connectivity index (χ1n) is 29.5. The number of nitrogens with two attached hydrogens (primary N) is 1. The SMILES string of the molecule is CC(=O)Nc1cc(NC2CCCN(C(=O)CNc3cc(Cl)cc(Cl)c3)C2)ncn1.CC(C)(C)OC(=O)CC1CCCNC1.CC(C)(C)OC(=O)NC1CCCN(C(=O)CNc2cc(Cl)cc(Cl)c2)C1.NC1CCCN(C(=O)CNc2cc(Cl)cc(Cl)c2)C1. The quantitative estimate of drug-likeness (QED) is 0.0514. The number of carbonyl (C=O) groups is 6. The molecule has 0 spiro atoms. The second-order valence-corrected chi connectivity index (χ2v) is 26.5. The van der Waals surface area contributed by atoms with Gasteiger partial charge in [-0.2, -0.15) is 0 Å². The summed E-state index contributed by atoms with van der Waals surface area (Å²) >= 11 is 35.7. The Morgan fingerprint density at radius 2 is 1.00 bits per heavy atom. The smallest absolute Gasteiger partial charge is 0.407 e. The molecule has 21 nitrogen and oxygen atoms in total. The third-order valence-corrected chi connectivity index (χ3v) is 14.9. The summed E-state index contributed by atoms with van der Waals surface area (Å²) in [5.41, 5.74) is 7.10. The summed E-state index contributed by atoms with van der Waals surface area (Å²) in [5.74, 6) is 1.25. The number of anilines is 5. The minimum absolute atomic E-state index is 0.00535. The van der Waals surface area contributed by atoms with Gasteiger partial charge in [0.25, 0.3) is 0 Å². The molecule has 5 heterocycles. The van der Waals surface area contributed by atoms with Crippen molar-refractivity contribution < 1.29 is 38.2 Å². The number of alkyl carbamates (subject to hydrolysis) is 1. The number of hydrogen-bond acceptors (Lipinski definition) is 16. The molecule has 4 fully saturated rings. The Balaban J connectivity index is 0.000000221. The Bertz CT molecular complexity index is 2890. The first-order valence-corrected chi connectivity index (χ1v) is 31.8.